The normalized spacial score (nSPS) is 11.1. The summed E-state index contributed by atoms with van der Waals surface area (Å²) in [4.78, 5) is 11.4. The Kier molecular flexibility index (Phi) is 4.32. The second-order valence-electron chi connectivity index (χ2n) is 4.99. The third-order valence-electron chi connectivity index (χ3n) is 3.00. The minimum Gasteiger partial charge on any atom is -0.373 e. The van der Waals surface area contributed by atoms with Crippen molar-refractivity contribution in [2.45, 2.75) is 46.6 Å². The van der Waals surface area contributed by atoms with E-state index in [4.69, 9.17) is 0 Å². The van der Waals surface area contributed by atoms with E-state index in [0.29, 0.717) is 12.0 Å². The van der Waals surface area contributed by atoms with E-state index in [1.165, 1.54) is 0 Å². The second kappa shape index (κ2) is 5.34. The molecule has 0 saturated heterocycles. The van der Waals surface area contributed by atoms with E-state index in [9.17, 15) is 0 Å². The van der Waals surface area contributed by atoms with E-state index in [2.05, 4.69) is 61.9 Å². The van der Waals surface area contributed by atoms with E-state index in [-0.39, 0.29) is 0 Å². The Hall–Kier alpha value is -1.32. The summed E-state index contributed by atoms with van der Waals surface area (Å²) in [6.45, 7) is 10.6. The largest absolute Gasteiger partial charge is 0.373 e. The van der Waals surface area contributed by atoms with Gasteiger partial charge in [0.05, 0.1) is 0 Å². The van der Waals surface area contributed by atoms with Crippen LogP contribution in [0.15, 0.2) is 0 Å². The number of hydrogen-bond acceptors (Lipinski definition) is 4. The molecule has 0 aromatic carbocycles. The lowest BCUT2D eigenvalue weighted by Crippen LogP contribution is -2.28. The average molecular weight is 236 g/mol. The van der Waals surface area contributed by atoms with Crippen molar-refractivity contribution < 1.29 is 0 Å². The summed E-state index contributed by atoms with van der Waals surface area (Å²) < 4.78 is 0. The van der Waals surface area contributed by atoms with Crippen LogP contribution in [0.4, 0.5) is 11.6 Å². The number of rotatable bonds is 4. The smallest absolute Gasteiger partial charge is 0.137 e. The highest BCUT2D eigenvalue weighted by Crippen LogP contribution is 2.26. The van der Waals surface area contributed by atoms with Crippen LogP contribution in [0.5, 0.6) is 0 Å². The van der Waals surface area contributed by atoms with Crippen LogP contribution in [0.25, 0.3) is 0 Å². The molecular formula is C13H24N4. The molecule has 4 nitrogen and oxygen atoms in total. The first kappa shape index (κ1) is 13.7. The van der Waals surface area contributed by atoms with E-state index in [1.807, 2.05) is 7.05 Å². The summed E-state index contributed by atoms with van der Waals surface area (Å²) >= 11 is 0. The SMILES string of the molecule is CNc1nc(C(C)C)nc(N(C)C(C)C)c1C. The Labute approximate surface area is 104 Å². The van der Waals surface area contributed by atoms with Gasteiger partial charge in [0, 0.05) is 31.6 Å². The van der Waals surface area contributed by atoms with Gasteiger partial charge in [-0.2, -0.15) is 0 Å². The molecule has 17 heavy (non-hydrogen) atoms. The molecule has 0 radical (unpaired) electrons. The van der Waals surface area contributed by atoms with Crippen LogP contribution < -0.4 is 10.2 Å². The lowest BCUT2D eigenvalue weighted by Gasteiger charge is -2.26. The third-order valence-corrected chi connectivity index (χ3v) is 3.00. The molecule has 0 aliphatic heterocycles. The molecule has 0 fully saturated rings. The fourth-order valence-corrected chi connectivity index (χ4v) is 1.61. The molecule has 0 amide bonds. The van der Waals surface area contributed by atoms with Crippen LogP contribution >= 0.6 is 0 Å². The number of nitrogens with zero attached hydrogens (tertiary/aromatic N) is 3. The highest BCUT2D eigenvalue weighted by atomic mass is 15.2. The maximum absolute atomic E-state index is 4.68. The predicted molar refractivity (Wildman–Crippen MR) is 73.9 cm³/mol. The van der Waals surface area contributed by atoms with Crippen LogP contribution in [0, 0.1) is 6.92 Å². The van der Waals surface area contributed by atoms with Crippen LogP contribution in [0.3, 0.4) is 0 Å². The zero-order valence-corrected chi connectivity index (χ0v) is 12.0. The van der Waals surface area contributed by atoms with Gasteiger partial charge in [0.15, 0.2) is 0 Å². The fourth-order valence-electron chi connectivity index (χ4n) is 1.61. The average Bonchev–Trinajstić information content (AvgIpc) is 2.27. The number of hydrogen-bond donors (Lipinski definition) is 1. The summed E-state index contributed by atoms with van der Waals surface area (Å²) in [6, 6.07) is 0.424. The molecule has 1 aromatic heterocycles. The van der Waals surface area contributed by atoms with Crippen LogP contribution in [0.2, 0.25) is 0 Å². The summed E-state index contributed by atoms with van der Waals surface area (Å²) in [5, 5.41) is 3.15. The third kappa shape index (κ3) is 2.87. The van der Waals surface area contributed by atoms with Crippen molar-refractivity contribution in [1.29, 1.82) is 0 Å². The van der Waals surface area contributed by atoms with Crippen molar-refractivity contribution in [3.63, 3.8) is 0 Å². The maximum atomic E-state index is 4.68. The van der Waals surface area contributed by atoms with Crippen LogP contribution in [0.1, 0.15) is 45.0 Å². The van der Waals surface area contributed by atoms with Gasteiger partial charge in [-0.15, -0.1) is 0 Å². The second-order valence-corrected chi connectivity index (χ2v) is 4.99. The molecule has 0 spiro atoms. The summed E-state index contributed by atoms with van der Waals surface area (Å²) in [5.41, 5.74) is 1.10. The first-order chi connectivity index (χ1) is 7.88. The van der Waals surface area contributed by atoms with Gasteiger partial charge in [-0.1, -0.05) is 13.8 Å². The molecule has 96 valence electrons. The highest BCUT2D eigenvalue weighted by Gasteiger charge is 2.16. The van der Waals surface area contributed by atoms with E-state index in [1.54, 1.807) is 0 Å². The van der Waals surface area contributed by atoms with Crippen molar-refractivity contribution in [2.75, 3.05) is 24.3 Å². The Morgan fingerprint density at radius 1 is 1.12 bits per heavy atom. The Balaban J connectivity index is 3.32. The highest BCUT2D eigenvalue weighted by molar-refractivity contribution is 5.58. The molecule has 0 aliphatic rings. The number of aromatic nitrogens is 2. The van der Waals surface area contributed by atoms with Crippen molar-refractivity contribution in [1.82, 2.24) is 9.97 Å². The van der Waals surface area contributed by atoms with Crippen LogP contribution in [-0.4, -0.2) is 30.1 Å². The molecule has 0 aliphatic carbocycles. The Bertz CT molecular complexity index is 385. The first-order valence-corrected chi connectivity index (χ1v) is 6.17. The van der Waals surface area contributed by atoms with Gasteiger partial charge >= 0.3 is 0 Å². The van der Waals surface area contributed by atoms with Crippen molar-refractivity contribution in [3.8, 4) is 0 Å². The monoisotopic (exact) mass is 236 g/mol. The van der Waals surface area contributed by atoms with Crippen LogP contribution in [-0.2, 0) is 0 Å². The number of nitrogens with one attached hydrogen (secondary N) is 1. The van der Waals surface area contributed by atoms with Crippen molar-refractivity contribution >= 4 is 11.6 Å². The topological polar surface area (TPSA) is 41.1 Å². The quantitative estimate of drug-likeness (QED) is 0.872. The summed E-state index contributed by atoms with van der Waals surface area (Å²) in [6.07, 6.45) is 0. The lowest BCUT2D eigenvalue weighted by atomic mass is 10.2. The van der Waals surface area contributed by atoms with E-state index < -0.39 is 0 Å². The van der Waals surface area contributed by atoms with E-state index >= 15 is 0 Å². The molecule has 1 heterocycles. The molecule has 0 bridgehead atoms. The zero-order chi connectivity index (χ0) is 13.2. The lowest BCUT2D eigenvalue weighted by molar-refractivity contribution is 0.715. The fraction of sp³-hybridized carbons (Fsp3) is 0.692. The first-order valence-electron chi connectivity index (χ1n) is 6.17. The van der Waals surface area contributed by atoms with Gasteiger partial charge in [-0.05, 0) is 20.8 Å². The minimum absolute atomic E-state index is 0.335. The molecule has 1 N–H and O–H groups in total. The van der Waals surface area contributed by atoms with Gasteiger partial charge in [-0.25, -0.2) is 9.97 Å². The Morgan fingerprint density at radius 2 is 1.71 bits per heavy atom. The minimum atomic E-state index is 0.335. The molecule has 4 heteroatoms. The summed E-state index contributed by atoms with van der Waals surface area (Å²) in [7, 11) is 3.97. The molecule has 0 atom stereocenters. The molecular weight excluding hydrogens is 212 g/mol. The molecule has 0 unspecified atom stereocenters. The van der Waals surface area contributed by atoms with Gasteiger partial charge in [0.25, 0.3) is 0 Å². The maximum Gasteiger partial charge on any atom is 0.137 e. The van der Waals surface area contributed by atoms with E-state index in [0.717, 1.165) is 23.0 Å². The zero-order valence-electron chi connectivity index (χ0n) is 12.0. The van der Waals surface area contributed by atoms with Gasteiger partial charge < -0.3 is 10.2 Å². The van der Waals surface area contributed by atoms with Crippen molar-refractivity contribution in [2.24, 2.45) is 0 Å². The molecule has 1 rings (SSSR count). The molecule has 1 aromatic rings. The van der Waals surface area contributed by atoms with Gasteiger partial charge in [0.2, 0.25) is 0 Å². The Morgan fingerprint density at radius 3 is 2.12 bits per heavy atom. The number of anilines is 2. The van der Waals surface area contributed by atoms with Crippen molar-refractivity contribution in [3.05, 3.63) is 11.4 Å². The van der Waals surface area contributed by atoms with Gasteiger partial charge in [0.1, 0.15) is 17.5 Å². The van der Waals surface area contributed by atoms with Gasteiger partial charge in [-0.3, -0.25) is 0 Å². The summed E-state index contributed by atoms with van der Waals surface area (Å²) in [5.74, 6) is 3.17. The standard InChI is InChI=1S/C13H24N4/c1-8(2)11-15-12(14-6)10(5)13(16-11)17(7)9(3)4/h8-9H,1-7H3,(H,14,15,16). The predicted octanol–water partition coefficient (Wildman–Crippen LogP) is 2.79. The molecule has 0 saturated carbocycles.